The summed E-state index contributed by atoms with van der Waals surface area (Å²) in [6.07, 6.45) is 3.02. The number of hydrogen-bond acceptors (Lipinski definition) is 4. The Kier molecular flexibility index (Phi) is 4.96. The van der Waals surface area contributed by atoms with Crippen LogP contribution in [0.15, 0.2) is 11.4 Å². The number of nitrogens with zero attached hydrogens (tertiary/aromatic N) is 1. The fraction of sp³-hybridized carbons (Fsp3) is 0.571. The lowest BCUT2D eigenvalue weighted by Crippen LogP contribution is -2.37. The van der Waals surface area contributed by atoms with Crippen molar-refractivity contribution in [3.8, 4) is 0 Å². The monoisotopic (exact) mass is 281 g/mol. The van der Waals surface area contributed by atoms with E-state index in [1.165, 1.54) is 16.9 Å². The molecular weight excluding hydrogens is 262 g/mol. The molecular formula is C14H19NO3S. The van der Waals surface area contributed by atoms with Crippen molar-refractivity contribution in [1.29, 1.82) is 0 Å². The zero-order valence-electron chi connectivity index (χ0n) is 11.2. The third kappa shape index (κ3) is 3.56. The molecule has 1 aliphatic heterocycles. The summed E-state index contributed by atoms with van der Waals surface area (Å²) < 4.78 is 4.87. The molecule has 0 aromatic carbocycles. The molecule has 4 nitrogen and oxygen atoms in total. The van der Waals surface area contributed by atoms with Crippen LogP contribution in [0.5, 0.6) is 0 Å². The molecule has 0 saturated carbocycles. The highest BCUT2D eigenvalue weighted by atomic mass is 32.1. The van der Waals surface area contributed by atoms with Crippen LogP contribution in [0.25, 0.3) is 0 Å². The Hall–Kier alpha value is -1.36. The molecule has 1 aromatic heterocycles. The summed E-state index contributed by atoms with van der Waals surface area (Å²) >= 11 is 1.52. The maximum atomic E-state index is 12.2. The molecule has 0 unspecified atom stereocenters. The van der Waals surface area contributed by atoms with Crippen LogP contribution in [0, 0.1) is 0 Å². The van der Waals surface area contributed by atoms with Crippen molar-refractivity contribution in [2.24, 2.45) is 0 Å². The molecule has 5 heteroatoms. The Labute approximate surface area is 117 Å². The molecule has 0 atom stereocenters. The van der Waals surface area contributed by atoms with Gasteiger partial charge in [0.2, 0.25) is 0 Å². The molecule has 2 heterocycles. The summed E-state index contributed by atoms with van der Waals surface area (Å²) in [6, 6.07) is 2.04. The summed E-state index contributed by atoms with van der Waals surface area (Å²) in [7, 11) is 0. The van der Waals surface area contributed by atoms with Gasteiger partial charge in [-0.25, -0.2) is 0 Å². The average molecular weight is 281 g/mol. The summed E-state index contributed by atoms with van der Waals surface area (Å²) in [6.45, 7) is 3.77. The molecule has 0 spiro atoms. The van der Waals surface area contributed by atoms with Crippen molar-refractivity contribution in [3.05, 3.63) is 21.9 Å². The van der Waals surface area contributed by atoms with Crippen molar-refractivity contribution < 1.29 is 14.3 Å². The van der Waals surface area contributed by atoms with E-state index in [9.17, 15) is 9.59 Å². The van der Waals surface area contributed by atoms with E-state index in [1.54, 1.807) is 0 Å². The van der Waals surface area contributed by atoms with Gasteiger partial charge in [-0.3, -0.25) is 9.59 Å². The maximum absolute atomic E-state index is 12.2. The topological polar surface area (TPSA) is 46.6 Å². The predicted molar refractivity (Wildman–Crippen MR) is 74.4 cm³/mol. The molecule has 1 amide bonds. The Morgan fingerprint density at radius 1 is 1.47 bits per heavy atom. The van der Waals surface area contributed by atoms with Crippen LogP contribution in [-0.2, 0) is 16.0 Å². The summed E-state index contributed by atoms with van der Waals surface area (Å²) in [5, 5.41) is 1.98. The highest BCUT2D eigenvalue weighted by molar-refractivity contribution is 7.12. The van der Waals surface area contributed by atoms with Gasteiger partial charge >= 0.3 is 5.97 Å². The first-order valence-electron chi connectivity index (χ1n) is 6.73. The number of fused-ring (bicyclic) bond motifs is 1. The summed E-state index contributed by atoms with van der Waals surface area (Å²) in [5.41, 5.74) is 1.18. The first kappa shape index (κ1) is 14.1. The van der Waals surface area contributed by atoms with E-state index < -0.39 is 0 Å². The van der Waals surface area contributed by atoms with E-state index in [2.05, 4.69) is 0 Å². The number of carbonyl (C=O) groups is 2. The number of thiophene rings is 1. The Morgan fingerprint density at radius 3 is 3.11 bits per heavy atom. The second-order valence-corrected chi connectivity index (χ2v) is 5.50. The minimum atomic E-state index is -0.145. The van der Waals surface area contributed by atoms with Crippen molar-refractivity contribution >= 4 is 23.2 Å². The number of rotatable bonds is 6. The first-order chi connectivity index (χ1) is 9.22. The minimum Gasteiger partial charge on any atom is -0.466 e. The molecule has 0 aliphatic carbocycles. The molecule has 104 valence electrons. The lowest BCUT2D eigenvalue weighted by Gasteiger charge is -2.26. The number of esters is 1. The van der Waals surface area contributed by atoms with Gasteiger partial charge < -0.3 is 9.64 Å². The third-order valence-corrected chi connectivity index (χ3v) is 4.19. The zero-order valence-corrected chi connectivity index (χ0v) is 12.0. The third-order valence-electron chi connectivity index (χ3n) is 3.24. The van der Waals surface area contributed by atoms with Crippen LogP contribution in [-0.4, -0.2) is 36.5 Å². The Balaban J connectivity index is 1.73. The number of ether oxygens (including phenoxy) is 1. The van der Waals surface area contributed by atoms with Gasteiger partial charge in [0.25, 0.3) is 5.91 Å². The first-order valence-corrected chi connectivity index (χ1v) is 7.61. The van der Waals surface area contributed by atoms with Gasteiger partial charge in [0.15, 0.2) is 0 Å². The van der Waals surface area contributed by atoms with E-state index in [1.807, 2.05) is 23.3 Å². The van der Waals surface area contributed by atoms with Crippen LogP contribution in [0.4, 0.5) is 0 Å². The zero-order chi connectivity index (χ0) is 13.7. The van der Waals surface area contributed by atoms with Gasteiger partial charge in [-0.15, -0.1) is 11.3 Å². The highest BCUT2D eigenvalue weighted by Crippen LogP contribution is 2.24. The van der Waals surface area contributed by atoms with Gasteiger partial charge in [0, 0.05) is 19.5 Å². The average Bonchev–Trinajstić information content (AvgIpc) is 2.86. The van der Waals surface area contributed by atoms with Gasteiger partial charge in [-0.2, -0.15) is 0 Å². The van der Waals surface area contributed by atoms with E-state index in [4.69, 9.17) is 4.74 Å². The van der Waals surface area contributed by atoms with Crippen LogP contribution >= 0.6 is 11.3 Å². The fourth-order valence-corrected chi connectivity index (χ4v) is 3.16. The largest absolute Gasteiger partial charge is 0.466 e. The van der Waals surface area contributed by atoms with Crippen molar-refractivity contribution in [2.75, 3.05) is 19.7 Å². The van der Waals surface area contributed by atoms with Gasteiger partial charge in [0.05, 0.1) is 11.5 Å². The number of carbonyl (C=O) groups excluding carboxylic acids is 2. The lowest BCUT2D eigenvalue weighted by molar-refractivity contribution is -0.143. The van der Waals surface area contributed by atoms with Crippen LogP contribution in [0.3, 0.4) is 0 Å². The molecule has 0 saturated heterocycles. The van der Waals surface area contributed by atoms with Crippen molar-refractivity contribution in [2.45, 2.75) is 32.6 Å². The summed E-state index contributed by atoms with van der Waals surface area (Å²) in [4.78, 5) is 26.1. The second-order valence-electron chi connectivity index (χ2n) is 4.58. The number of amides is 1. The molecule has 0 bridgehead atoms. The highest BCUT2D eigenvalue weighted by Gasteiger charge is 2.24. The smallest absolute Gasteiger partial charge is 0.305 e. The molecule has 2 rings (SSSR count). The number of unbranched alkanes of at least 4 members (excludes halogenated alkanes) is 1. The van der Waals surface area contributed by atoms with E-state index in [0.29, 0.717) is 13.0 Å². The molecule has 0 fully saturated rings. The minimum absolute atomic E-state index is 0.145. The SMILES string of the molecule is CCOC(=O)CCCCN1CCc2ccsc2C1=O. The van der Waals surface area contributed by atoms with Crippen molar-refractivity contribution in [3.63, 3.8) is 0 Å². The van der Waals surface area contributed by atoms with Crippen molar-refractivity contribution in [1.82, 2.24) is 4.90 Å². The predicted octanol–water partition coefficient (Wildman–Crippen LogP) is 2.48. The Bertz CT molecular complexity index is 455. The van der Waals surface area contributed by atoms with Gasteiger partial charge in [-0.05, 0) is 43.2 Å². The standard InChI is InChI=1S/C14H19NO3S/c1-2-18-12(16)5-3-4-8-15-9-6-11-7-10-19-13(11)14(15)17/h7,10H,2-6,8-9H2,1H3. The molecule has 0 N–H and O–H groups in total. The van der Waals surface area contributed by atoms with Crippen LogP contribution in [0.1, 0.15) is 41.4 Å². The maximum Gasteiger partial charge on any atom is 0.305 e. The fourth-order valence-electron chi connectivity index (χ4n) is 2.24. The quantitative estimate of drug-likeness (QED) is 0.594. The Morgan fingerprint density at radius 2 is 2.32 bits per heavy atom. The molecule has 0 radical (unpaired) electrons. The number of hydrogen-bond donors (Lipinski definition) is 0. The van der Waals surface area contributed by atoms with E-state index in [-0.39, 0.29) is 11.9 Å². The van der Waals surface area contributed by atoms with Crippen LogP contribution < -0.4 is 0 Å². The lowest BCUT2D eigenvalue weighted by atomic mass is 10.1. The second kappa shape index (κ2) is 6.70. The van der Waals surface area contributed by atoms with E-state index in [0.717, 1.165) is 37.2 Å². The van der Waals surface area contributed by atoms with Gasteiger partial charge in [-0.1, -0.05) is 0 Å². The molecule has 19 heavy (non-hydrogen) atoms. The normalized spacial score (nSPS) is 14.4. The van der Waals surface area contributed by atoms with Gasteiger partial charge in [0.1, 0.15) is 0 Å². The summed E-state index contributed by atoms with van der Waals surface area (Å²) in [5.74, 6) is 0.000369. The molecule has 1 aliphatic rings. The van der Waals surface area contributed by atoms with E-state index >= 15 is 0 Å². The molecule has 1 aromatic rings. The van der Waals surface area contributed by atoms with Crippen LogP contribution in [0.2, 0.25) is 0 Å².